The molecule has 1 amide bonds. The number of fused-ring (bicyclic) bond motifs is 2. The number of para-hydroxylation sites is 1. The zero-order chi connectivity index (χ0) is 17.2. The molecule has 0 spiro atoms. The molecule has 4 nitrogen and oxygen atoms in total. The van der Waals surface area contributed by atoms with Crippen molar-refractivity contribution in [3.63, 3.8) is 0 Å². The molecule has 1 aromatic heterocycles. The van der Waals surface area contributed by atoms with Crippen molar-refractivity contribution in [3.8, 4) is 5.75 Å². The largest absolute Gasteiger partial charge is 0.492 e. The molecule has 1 heterocycles. The lowest BCUT2D eigenvalue weighted by atomic mass is 10.1. The maximum Gasteiger partial charge on any atom is 0.257 e. The van der Waals surface area contributed by atoms with Crippen LogP contribution in [0.15, 0.2) is 60.7 Å². The number of benzene rings is 3. The fraction of sp³-hybridized carbons (Fsp3) is 0.100. The summed E-state index contributed by atoms with van der Waals surface area (Å²) in [5.74, 6) is 0.574. The molecule has 0 aliphatic heterocycles. The van der Waals surface area contributed by atoms with Gasteiger partial charge in [0, 0.05) is 5.56 Å². The Balaban J connectivity index is 1.63. The van der Waals surface area contributed by atoms with Crippen molar-refractivity contribution >= 4 is 43.4 Å². The number of rotatable bonds is 4. The van der Waals surface area contributed by atoms with Gasteiger partial charge in [0.05, 0.1) is 11.3 Å². The number of carbonyl (C=O) groups is 1. The van der Waals surface area contributed by atoms with Crippen molar-refractivity contribution in [3.05, 3.63) is 66.2 Å². The molecule has 0 saturated carbocycles. The highest BCUT2D eigenvalue weighted by molar-refractivity contribution is 7.22. The third kappa shape index (κ3) is 3.06. The molecule has 0 unspecified atom stereocenters. The smallest absolute Gasteiger partial charge is 0.257 e. The number of nitrogens with one attached hydrogen (secondary N) is 1. The minimum atomic E-state index is -0.164. The van der Waals surface area contributed by atoms with Crippen molar-refractivity contribution in [2.45, 2.75) is 6.92 Å². The van der Waals surface area contributed by atoms with Crippen LogP contribution in [0, 0.1) is 0 Å². The molecule has 0 aliphatic carbocycles. The van der Waals surface area contributed by atoms with E-state index in [4.69, 9.17) is 4.74 Å². The van der Waals surface area contributed by atoms with Gasteiger partial charge in [0.15, 0.2) is 5.13 Å². The summed E-state index contributed by atoms with van der Waals surface area (Å²) in [4.78, 5) is 17.1. The van der Waals surface area contributed by atoms with E-state index in [0.29, 0.717) is 17.3 Å². The molecule has 4 aromatic rings. The number of thiazole rings is 1. The Bertz CT molecular complexity index is 1070. The predicted octanol–water partition coefficient (Wildman–Crippen LogP) is 5.10. The Morgan fingerprint density at radius 1 is 1.08 bits per heavy atom. The zero-order valence-corrected chi connectivity index (χ0v) is 14.5. The van der Waals surface area contributed by atoms with E-state index in [1.54, 1.807) is 0 Å². The first kappa shape index (κ1) is 15.6. The van der Waals surface area contributed by atoms with Crippen molar-refractivity contribution in [2.75, 3.05) is 11.9 Å². The van der Waals surface area contributed by atoms with Crippen molar-refractivity contribution in [2.24, 2.45) is 0 Å². The third-order valence-corrected chi connectivity index (χ3v) is 4.85. The number of anilines is 1. The molecule has 0 radical (unpaired) electrons. The van der Waals surface area contributed by atoms with Crippen LogP contribution in [-0.2, 0) is 0 Å². The van der Waals surface area contributed by atoms with Gasteiger partial charge in [-0.2, -0.15) is 0 Å². The van der Waals surface area contributed by atoms with E-state index in [1.165, 1.54) is 11.3 Å². The van der Waals surface area contributed by atoms with E-state index >= 15 is 0 Å². The van der Waals surface area contributed by atoms with Crippen LogP contribution in [0.5, 0.6) is 5.75 Å². The van der Waals surface area contributed by atoms with Crippen LogP contribution in [0.25, 0.3) is 21.0 Å². The van der Waals surface area contributed by atoms with Crippen LogP contribution in [0.1, 0.15) is 17.3 Å². The highest BCUT2D eigenvalue weighted by atomic mass is 32.1. The van der Waals surface area contributed by atoms with Gasteiger partial charge < -0.3 is 4.74 Å². The van der Waals surface area contributed by atoms with Crippen molar-refractivity contribution < 1.29 is 9.53 Å². The second-order valence-electron chi connectivity index (χ2n) is 5.57. The molecule has 0 fully saturated rings. The number of hydrogen-bond donors (Lipinski definition) is 1. The number of nitrogens with zero attached hydrogens (tertiary/aromatic N) is 1. The summed E-state index contributed by atoms with van der Waals surface area (Å²) in [5.41, 5.74) is 1.39. The number of aromatic nitrogens is 1. The maximum absolute atomic E-state index is 12.6. The quantitative estimate of drug-likeness (QED) is 0.558. The third-order valence-electron chi connectivity index (χ3n) is 3.91. The Kier molecular flexibility index (Phi) is 4.07. The normalized spacial score (nSPS) is 10.9. The summed E-state index contributed by atoms with van der Waals surface area (Å²) in [7, 11) is 0. The Morgan fingerprint density at radius 3 is 2.76 bits per heavy atom. The summed E-state index contributed by atoms with van der Waals surface area (Å²) >= 11 is 1.44. The monoisotopic (exact) mass is 348 g/mol. The molecule has 124 valence electrons. The van der Waals surface area contributed by atoms with Gasteiger partial charge in [0.2, 0.25) is 0 Å². The zero-order valence-electron chi connectivity index (χ0n) is 13.7. The standard InChI is InChI=1S/C20H16N2O2S/c1-2-24-16-8-5-9-17-18(16)21-20(25-17)22-19(23)15-11-10-13-6-3-4-7-14(13)12-15/h3-12H,2H2,1H3,(H,21,22,23). The Hall–Kier alpha value is -2.92. The fourth-order valence-corrected chi connectivity index (χ4v) is 3.63. The summed E-state index contributed by atoms with van der Waals surface area (Å²) in [6.07, 6.45) is 0. The van der Waals surface area contributed by atoms with Crippen LogP contribution >= 0.6 is 11.3 Å². The lowest BCUT2D eigenvalue weighted by molar-refractivity contribution is 0.102. The van der Waals surface area contributed by atoms with Gasteiger partial charge in [-0.1, -0.05) is 47.7 Å². The minimum Gasteiger partial charge on any atom is -0.492 e. The van der Waals surface area contributed by atoms with Gasteiger partial charge in [-0.05, 0) is 42.0 Å². The number of carbonyl (C=O) groups excluding carboxylic acids is 1. The number of ether oxygens (including phenoxy) is 1. The van der Waals surface area contributed by atoms with Gasteiger partial charge in [-0.15, -0.1) is 0 Å². The number of hydrogen-bond acceptors (Lipinski definition) is 4. The molecule has 0 aliphatic rings. The fourth-order valence-electron chi connectivity index (χ4n) is 2.75. The second kappa shape index (κ2) is 6.53. The molecule has 3 aromatic carbocycles. The topological polar surface area (TPSA) is 51.2 Å². The molecule has 4 rings (SSSR count). The van der Waals surface area contributed by atoms with E-state index in [1.807, 2.05) is 67.6 Å². The minimum absolute atomic E-state index is 0.164. The van der Waals surface area contributed by atoms with Crippen LogP contribution in [0.3, 0.4) is 0 Å². The van der Waals surface area contributed by atoms with E-state index in [9.17, 15) is 4.79 Å². The average Bonchev–Trinajstić information content (AvgIpc) is 3.05. The molecule has 5 heteroatoms. The lowest BCUT2D eigenvalue weighted by Gasteiger charge is -2.04. The van der Waals surface area contributed by atoms with E-state index in [-0.39, 0.29) is 5.91 Å². The van der Waals surface area contributed by atoms with Gasteiger partial charge in [0.25, 0.3) is 5.91 Å². The van der Waals surface area contributed by atoms with E-state index in [0.717, 1.165) is 26.7 Å². The first-order valence-corrected chi connectivity index (χ1v) is 8.89. The summed E-state index contributed by atoms with van der Waals surface area (Å²) in [6, 6.07) is 19.4. The van der Waals surface area contributed by atoms with E-state index in [2.05, 4.69) is 10.3 Å². The molecule has 0 atom stereocenters. The van der Waals surface area contributed by atoms with Crippen LogP contribution in [-0.4, -0.2) is 17.5 Å². The van der Waals surface area contributed by atoms with Gasteiger partial charge in [0.1, 0.15) is 11.3 Å². The number of amides is 1. The van der Waals surface area contributed by atoms with Gasteiger partial charge in [-0.3, -0.25) is 10.1 Å². The van der Waals surface area contributed by atoms with Crippen LogP contribution in [0.2, 0.25) is 0 Å². The second-order valence-corrected chi connectivity index (χ2v) is 6.60. The summed E-state index contributed by atoms with van der Waals surface area (Å²) < 4.78 is 6.59. The first-order valence-electron chi connectivity index (χ1n) is 8.07. The van der Waals surface area contributed by atoms with E-state index < -0.39 is 0 Å². The Morgan fingerprint density at radius 2 is 1.92 bits per heavy atom. The highest BCUT2D eigenvalue weighted by Gasteiger charge is 2.12. The maximum atomic E-state index is 12.6. The lowest BCUT2D eigenvalue weighted by Crippen LogP contribution is -2.11. The van der Waals surface area contributed by atoms with Crippen LogP contribution < -0.4 is 10.1 Å². The SMILES string of the molecule is CCOc1cccc2sc(NC(=O)c3ccc4ccccc4c3)nc12. The van der Waals surface area contributed by atoms with Gasteiger partial charge >= 0.3 is 0 Å². The molecule has 0 bridgehead atoms. The Labute approximate surface area is 149 Å². The van der Waals surface area contributed by atoms with Crippen LogP contribution in [0.4, 0.5) is 5.13 Å². The molecular weight excluding hydrogens is 332 g/mol. The predicted molar refractivity (Wildman–Crippen MR) is 103 cm³/mol. The molecule has 1 N–H and O–H groups in total. The summed E-state index contributed by atoms with van der Waals surface area (Å²) in [5, 5.41) is 5.62. The first-order chi connectivity index (χ1) is 12.2. The molecule has 25 heavy (non-hydrogen) atoms. The van der Waals surface area contributed by atoms with Gasteiger partial charge in [-0.25, -0.2) is 4.98 Å². The highest BCUT2D eigenvalue weighted by Crippen LogP contribution is 2.32. The van der Waals surface area contributed by atoms with Crippen molar-refractivity contribution in [1.29, 1.82) is 0 Å². The molecular formula is C20H16N2O2S. The summed E-state index contributed by atoms with van der Waals surface area (Å²) in [6.45, 7) is 2.52. The molecule has 0 saturated heterocycles. The average molecular weight is 348 g/mol. The van der Waals surface area contributed by atoms with Crippen molar-refractivity contribution in [1.82, 2.24) is 4.98 Å².